The molecule has 1 atom stereocenters. The predicted molar refractivity (Wildman–Crippen MR) is 95.1 cm³/mol. The lowest BCUT2D eigenvalue weighted by atomic mass is 10.0. The summed E-state index contributed by atoms with van der Waals surface area (Å²) in [6.45, 7) is 0.886. The molecule has 1 aromatic carbocycles. The predicted octanol–water partition coefficient (Wildman–Crippen LogP) is 3.10. The maximum Gasteiger partial charge on any atom is 0.301 e. The standard InChI is InChI=1S/C18H17ClF2N4O2/c1-11-16(19)23-15(9-26)24-17(11)25-6-5-14(18(20,21)10-25)27-13-4-2-3-12(7-13)8-22/h2-4,7,14,26H,5-6,9-10H2,1H3. The Bertz CT molecular complexity index is 888. The first-order valence-electron chi connectivity index (χ1n) is 8.27. The minimum absolute atomic E-state index is 0.0549. The number of aromatic nitrogens is 2. The van der Waals surface area contributed by atoms with E-state index in [4.69, 9.17) is 21.6 Å². The Morgan fingerprint density at radius 3 is 2.89 bits per heavy atom. The van der Waals surface area contributed by atoms with Crippen molar-refractivity contribution in [1.82, 2.24) is 9.97 Å². The third kappa shape index (κ3) is 4.10. The Labute approximate surface area is 160 Å². The molecule has 1 aliphatic heterocycles. The van der Waals surface area contributed by atoms with Crippen LogP contribution in [0.3, 0.4) is 0 Å². The van der Waals surface area contributed by atoms with E-state index >= 15 is 0 Å². The Kier molecular flexibility index (Phi) is 5.44. The van der Waals surface area contributed by atoms with Crippen LogP contribution in [0.4, 0.5) is 14.6 Å². The summed E-state index contributed by atoms with van der Waals surface area (Å²) in [5, 5.41) is 18.3. The van der Waals surface area contributed by atoms with Gasteiger partial charge in [0.25, 0.3) is 0 Å². The molecule has 1 aromatic heterocycles. The highest BCUT2D eigenvalue weighted by Crippen LogP contribution is 2.35. The number of benzene rings is 1. The molecule has 6 nitrogen and oxygen atoms in total. The Balaban J connectivity index is 1.79. The number of nitriles is 1. The number of anilines is 1. The topological polar surface area (TPSA) is 82.3 Å². The highest BCUT2D eigenvalue weighted by Gasteiger charge is 2.47. The van der Waals surface area contributed by atoms with Crippen molar-refractivity contribution in [3.05, 3.63) is 46.4 Å². The van der Waals surface area contributed by atoms with Crippen LogP contribution in [0.5, 0.6) is 5.75 Å². The van der Waals surface area contributed by atoms with Gasteiger partial charge in [0.2, 0.25) is 0 Å². The van der Waals surface area contributed by atoms with E-state index in [0.29, 0.717) is 11.1 Å². The van der Waals surface area contributed by atoms with Crippen LogP contribution in [-0.2, 0) is 6.61 Å². The number of alkyl halides is 2. The van der Waals surface area contributed by atoms with Crippen LogP contribution in [0.15, 0.2) is 24.3 Å². The van der Waals surface area contributed by atoms with E-state index in [0.717, 1.165) is 0 Å². The van der Waals surface area contributed by atoms with Gasteiger partial charge in [-0.05, 0) is 25.1 Å². The number of halogens is 3. The van der Waals surface area contributed by atoms with Crippen LogP contribution < -0.4 is 9.64 Å². The van der Waals surface area contributed by atoms with Gasteiger partial charge in [-0.2, -0.15) is 5.26 Å². The van der Waals surface area contributed by atoms with Crippen molar-refractivity contribution in [2.24, 2.45) is 0 Å². The minimum Gasteiger partial charge on any atom is -0.484 e. The summed E-state index contributed by atoms with van der Waals surface area (Å²) in [5.74, 6) is -2.56. The van der Waals surface area contributed by atoms with Crippen LogP contribution in [0.2, 0.25) is 5.15 Å². The number of rotatable bonds is 4. The van der Waals surface area contributed by atoms with Gasteiger partial charge in [0, 0.05) is 18.5 Å². The number of aliphatic hydroxyl groups excluding tert-OH is 1. The van der Waals surface area contributed by atoms with E-state index in [1.807, 2.05) is 6.07 Å². The van der Waals surface area contributed by atoms with Crippen molar-refractivity contribution in [2.75, 3.05) is 18.0 Å². The van der Waals surface area contributed by atoms with Gasteiger partial charge in [0.15, 0.2) is 11.9 Å². The fraction of sp³-hybridized carbons (Fsp3) is 0.389. The second-order valence-corrected chi connectivity index (χ2v) is 6.61. The van der Waals surface area contributed by atoms with Gasteiger partial charge in [-0.25, -0.2) is 18.7 Å². The van der Waals surface area contributed by atoms with Crippen LogP contribution in [0, 0.1) is 18.3 Å². The molecule has 0 aliphatic carbocycles. The van der Waals surface area contributed by atoms with Crippen LogP contribution in [-0.4, -0.2) is 40.2 Å². The van der Waals surface area contributed by atoms with E-state index < -0.39 is 25.2 Å². The molecule has 0 saturated carbocycles. The van der Waals surface area contributed by atoms with Gasteiger partial charge < -0.3 is 14.7 Å². The molecule has 1 saturated heterocycles. The largest absolute Gasteiger partial charge is 0.484 e. The first-order chi connectivity index (χ1) is 12.8. The monoisotopic (exact) mass is 394 g/mol. The first-order valence-corrected chi connectivity index (χ1v) is 8.65. The first kappa shape index (κ1) is 19.3. The zero-order valence-electron chi connectivity index (χ0n) is 14.5. The van der Waals surface area contributed by atoms with E-state index in [1.54, 1.807) is 25.1 Å². The van der Waals surface area contributed by atoms with Crippen molar-refractivity contribution in [3.8, 4) is 11.8 Å². The lowest BCUT2D eigenvalue weighted by Crippen LogP contribution is -2.54. The highest BCUT2D eigenvalue weighted by atomic mass is 35.5. The van der Waals surface area contributed by atoms with Gasteiger partial charge >= 0.3 is 5.92 Å². The van der Waals surface area contributed by atoms with Gasteiger partial charge in [-0.1, -0.05) is 17.7 Å². The van der Waals surface area contributed by atoms with Gasteiger partial charge in [0.1, 0.15) is 23.3 Å². The van der Waals surface area contributed by atoms with E-state index in [-0.39, 0.29) is 35.5 Å². The van der Waals surface area contributed by atoms with Crippen molar-refractivity contribution >= 4 is 17.4 Å². The summed E-state index contributed by atoms with van der Waals surface area (Å²) in [7, 11) is 0. The molecule has 0 radical (unpaired) electrons. The van der Waals surface area contributed by atoms with Crippen LogP contribution in [0.1, 0.15) is 23.4 Å². The smallest absolute Gasteiger partial charge is 0.301 e. The average Bonchev–Trinajstić information content (AvgIpc) is 2.65. The average molecular weight is 395 g/mol. The molecular weight excluding hydrogens is 378 g/mol. The summed E-state index contributed by atoms with van der Waals surface area (Å²) in [5.41, 5.74) is 0.821. The molecule has 1 fully saturated rings. The van der Waals surface area contributed by atoms with Crippen molar-refractivity contribution in [1.29, 1.82) is 5.26 Å². The van der Waals surface area contributed by atoms with E-state index in [1.165, 1.54) is 11.0 Å². The molecular formula is C18H17ClF2N4O2. The number of hydrogen-bond acceptors (Lipinski definition) is 6. The van der Waals surface area contributed by atoms with Crippen molar-refractivity contribution < 1.29 is 18.6 Å². The molecule has 2 heterocycles. The maximum absolute atomic E-state index is 14.7. The lowest BCUT2D eigenvalue weighted by molar-refractivity contribution is -0.101. The van der Waals surface area contributed by atoms with Crippen molar-refractivity contribution in [2.45, 2.75) is 32.0 Å². The van der Waals surface area contributed by atoms with Gasteiger partial charge in [-0.3, -0.25) is 0 Å². The summed E-state index contributed by atoms with van der Waals surface area (Å²) in [6.07, 6.45) is -1.27. The number of hydrogen-bond donors (Lipinski definition) is 1. The SMILES string of the molecule is Cc1c(Cl)nc(CO)nc1N1CCC(Oc2cccc(C#N)c2)C(F)(F)C1. The Morgan fingerprint density at radius 1 is 1.44 bits per heavy atom. The summed E-state index contributed by atoms with van der Waals surface area (Å²) in [6, 6.07) is 8.10. The fourth-order valence-corrected chi connectivity index (χ4v) is 3.13. The Morgan fingerprint density at radius 2 is 2.22 bits per heavy atom. The molecule has 9 heteroatoms. The lowest BCUT2D eigenvalue weighted by Gasteiger charge is -2.39. The number of aliphatic hydroxyl groups is 1. The summed E-state index contributed by atoms with van der Waals surface area (Å²) in [4.78, 5) is 9.48. The van der Waals surface area contributed by atoms with E-state index in [2.05, 4.69) is 9.97 Å². The van der Waals surface area contributed by atoms with Gasteiger partial charge in [-0.15, -0.1) is 0 Å². The van der Waals surface area contributed by atoms with E-state index in [9.17, 15) is 13.9 Å². The second-order valence-electron chi connectivity index (χ2n) is 6.25. The second kappa shape index (κ2) is 7.62. The zero-order valence-corrected chi connectivity index (χ0v) is 15.2. The summed E-state index contributed by atoms with van der Waals surface area (Å²) < 4.78 is 34.9. The molecule has 1 aliphatic rings. The fourth-order valence-electron chi connectivity index (χ4n) is 2.95. The molecule has 2 aromatic rings. The zero-order chi connectivity index (χ0) is 19.6. The maximum atomic E-state index is 14.7. The minimum atomic E-state index is -3.15. The quantitative estimate of drug-likeness (QED) is 0.802. The third-order valence-electron chi connectivity index (χ3n) is 4.32. The molecule has 3 rings (SSSR count). The number of piperidine rings is 1. The number of nitrogens with zero attached hydrogens (tertiary/aromatic N) is 4. The van der Waals surface area contributed by atoms with Crippen LogP contribution in [0.25, 0.3) is 0 Å². The molecule has 27 heavy (non-hydrogen) atoms. The summed E-state index contributed by atoms with van der Waals surface area (Å²) >= 11 is 6.03. The normalized spacial score (nSPS) is 18.8. The molecule has 1 N–H and O–H groups in total. The number of ether oxygens (including phenoxy) is 1. The Hall–Kier alpha value is -2.50. The molecule has 0 amide bonds. The molecule has 0 spiro atoms. The molecule has 0 bridgehead atoms. The van der Waals surface area contributed by atoms with Crippen molar-refractivity contribution in [3.63, 3.8) is 0 Å². The molecule has 1 unspecified atom stereocenters. The van der Waals surface area contributed by atoms with Crippen LogP contribution >= 0.6 is 11.6 Å². The third-order valence-corrected chi connectivity index (χ3v) is 4.69. The highest BCUT2D eigenvalue weighted by molar-refractivity contribution is 6.30. The van der Waals surface area contributed by atoms with Gasteiger partial charge in [0.05, 0.1) is 18.2 Å². The molecule has 142 valence electrons.